The number of hydrogen-bond acceptors (Lipinski definition) is 6. The quantitative estimate of drug-likeness (QED) is 0.621. The summed E-state index contributed by atoms with van der Waals surface area (Å²) in [6, 6.07) is 11.4. The van der Waals surface area contributed by atoms with Gasteiger partial charge >= 0.3 is 6.03 Å². The van der Waals surface area contributed by atoms with E-state index in [4.69, 9.17) is 5.26 Å². The van der Waals surface area contributed by atoms with E-state index in [1.807, 2.05) is 6.07 Å². The Kier molecular flexibility index (Phi) is 5.39. The first-order valence-corrected chi connectivity index (χ1v) is 9.77. The molecule has 3 N–H and O–H groups in total. The van der Waals surface area contributed by atoms with E-state index in [0.717, 1.165) is 4.90 Å². The molecule has 0 spiro atoms. The normalized spacial score (nSPS) is 17.5. The van der Waals surface area contributed by atoms with Crippen molar-refractivity contribution in [1.82, 2.24) is 15.5 Å². The summed E-state index contributed by atoms with van der Waals surface area (Å²) >= 11 is 0. The molecule has 0 saturated carbocycles. The van der Waals surface area contributed by atoms with E-state index in [0.29, 0.717) is 16.8 Å². The summed E-state index contributed by atoms with van der Waals surface area (Å²) in [6.07, 6.45) is 0.132. The largest absolute Gasteiger partial charge is 0.334 e. The molecule has 1 fully saturated rings. The van der Waals surface area contributed by atoms with Crippen molar-refractivity contribution < 1.29 is 24.0 Å². The smallest absolute Gasteiger partial charge is 0.319 e. The van der Waals surface area contributed by atoms with E-state index in [-0.39, 0.29) is 30.5 Å². The molecule has 2 aromatic carbocycles. The van der Waals surface area contributed by atoms with Crippen LogP contribution in [0.5, 0.6) is 0 Å². The Morgan fingerprint density at radius 2 is 1.78 bits per heavy atom. The highest BCUT2D eigenvalue weighted by Crippen LogP contribution is 2.28. The molecular formula is C22H17N5O5. The number of carbonyl (C=O) groups excluding carboxylic acids is 5. The van der Waals surface area contributed by atoms with Gasteiger partial charge in [-0.15, -0.1) is 0 Å². The van der Waals surface area contributed by atoms with Gasteiger partial charge in [-0.05, 0) is 48.4 Å². The molecular weight excluding hydrogens is 414 g/mol. The Morgan fingerprint density at radius 3 is 2.47 bits per heavy atom. The van der Waals surface area contributed by atoms with Crippen molar-refractivity contribution in [2.24, 2.45) is 0 Å². The van der Waals surface area contributed by atoms with Gasteiger partial charge in [-0.25, -0.2) is 4.79 Å². The second-order valence-corrected chi connectivity index (χ2v) is 7.32. The fourth-order valence-corrected chi connectivity index (χ4v) is 3.61. The Bertz CT molecular complexity index is 1200. The lowest BCUT2D eigenvalue weighted by atomic mass is 10.0. The molecule has 1 saturated heterocycles. The first-order chi connectivity index (χ1) is 15.4. The number of imide groups is 2. The number of hydrogen-bond donors (Lipinski definition) is 3. The van der Waals surface area contributed by atoms with Crippen LogP contribution >= 0.6 is 0 Å². The maximum Gasteiger partial charge on any atom is 0.319 e. The highest BCUT2D eigenvalue weighted by atomic mass is 16.2. The minimum atomic E-state index is -1.03. The summed E-state index contributed by atoms with van der Waals surface area (Å²) < 4.78 is 0. The van der Waals surface area contributed by atoms with Crippen LogP contribution in [0, 0.1) is 11.3 Å². The summed E-state index contributed by atoms with van der Waals surface area (Å²) in [4.78, 5) is 62.0. The van der Waals surface area contributed by atoms with Gasteiger partial charge < -0.3 is 10.6 Å². The molecule has 10 heteroatoms. The standard InChI is InChI=1S/C22H17N5O5/c23-10-12-1-4-14(5-2-12)25-22(32)24-11-13-3-6-15-16(9-13)21(31)27(20(15)30)17-7-8-18(28)26-19(17)29/h1-6,9,17H,7-8,11H2,(H2,24,25,32)(H,26,28,29). The maximum absolute atomic E-state index is 12.8. The fraction of sp³-hybridized carbons (Fsp3) is 0.182. The molecule has 32 heavy (non-hydrogen) atoms. The molecule has 0 radical (unpaired) electrons. The Morgan fingerprint density at radius 1 is 1.06 bits per heavy atom. The molecule has 1 atom stereocenters. The van der Waals surface area contributed by atoms with E-state index < -0.39 is 35.7 Å². The lowest BCUT2D eigenvalue weighted by molar-refractivity contribution is -0.136. The monoisotopic (exact) mass is 431 g/mol. The predicted octanol–water partition coefficient (Wildman–Crippen LogP) is 1.28. The van der Waals surface area contributed by atoms with Gasteiger partial charge in [0.15, 0.2) is 0 Å². The van der Waals surface area contributed by atoms with Crippen molar-refractivity contribution in [3.63, 3.8) is 0 Å². The molecule has 0 aromatic heterocycles. The zero-order chi connectivity index (χ0) is 22.8. The molecule has 1 unspecified atom stereocenters. The lowest BCUT2D eigenvalue weighted by Crippen LogP contribution is -2.54. The number of piperidine rings is 1. The van der Waals surface area contributed by atoms with Crippen molar-refractivity contribution in [2.75, 3.05) is 5.32 Å². The fourth-order valence-electron chi connectivity index (χ4n) is 3.61. The number of nitrogens with one attached hydrogen (secondary N) is 3. The number of urea groups is 1. The molecule has 2 aromatic rings. The molecule has 0 bridgehead atoms. The van der Waals surface area contributed by atoms with Crippen molar-refractivity contribution in [2.45, 2.75) is 25.4 Å². The molecule has 4 rings (SSSR count). The molecule has 10 nitrogen and oxygen atoms in total. The van der Waals surface area contributed by atoms with Crippen LogP contribution in [0.15, 0.2) is 42.5 Å². The molecule has 160 valence electrons. The van der Waals surface area contributed by atoms with E-state index in [2.05, 4.69) is 16.0 Å². The van der Waals surface area contributed by atoms with Crippen LogP contribution in [-0.4, -0.2) is 40.6 Å². The molecule has 6 amide bonds. The van der Waals surface area contributed by atoms with Gasteiger partial charge in [0.25, 0.3) is 11.8 Å². The summed E-state index contributed by atoms with van der Waals surface area (Å²) in [5.41, 5.74) is 1.89. The van der Waals surface area contributed by atoms with Gasteiger partial charge in [0.1, 0.15) is 6.04 Å². The minimum Gasteiger partial charge on any atom is -0.334 e. The summed E-state index contributed by atoms with van der Waals surface area (Å²) in [7, 11) is 0. The molecule has 2 heterocycles. The van der Waals surface area contributed by atoms with Gasteiger partial charge in [-0.2, -0.15) is 5.26 Å². The third-order valence-electron chi connectivity index (χ3n) is 5.23. The van der Waals surface area contributed by atoms with Gasteiger partial charge in [-0.3, -0.25) is 29.4 Å². The first-order valence-electron chi connectivity index (χ1n) is 9.77. The predicted molar refractivity (Wildman–Crippen MR) is 110 cm³/mol. The highest BCUT2D eigenvalue weighted by Gasteiger charge is 2.44. The number of benzene rings is 2. The maximum atomic E-state index is 12.8. The van der Waals surface area contributed by atoms with Gasteiger partial charge in [0.2, 0.25) is 11.8 Å². The number of anilines is 1. The van der Waals surface area contributed by atoms with Crippen LogP contribution < -0.4 is 16.0 Å². The SMILES string of the molecule is N#Cc1ccc(NC(=O)NCc2ccc3c(c2)C(=O)N(C2CCC(=O)NC2=O)C3=O)cc1. The number of rotatable bonds is 4. The Hall–Kier alpha value is -4.52. The first kappa shape index (κ1) is 20.7. The number of amides is 6. The van der Waals surface area contributed by atoms with Gasteiger partial charge in [0, 0.05) is 18.7 Å². The van der Waals surface area contributed by atoms with Crippen LogP contribution in [0.1, 0.15) is 44.7 Å². The topological polar surface area (TPSA) is 148 Å². The van der Waals surface area contributed by atoms with E-state index in [1.54, 1.807) is 30.3 Å². The number of carbonyl (C=O) groups is 5. The third-order valence-corrected chi connectivity index (χ3v) is 5.23. The van der Waals surface area contributed by atoms with E-state index in [1.165, 1.54) is 12.1 Å². The summed E-state index contributed by atoms with van der Waals surface area (Å²) in [6.45, 7) is 0.0925. The number of fused-ring (bicyclic) bond motifs is 1. The van der Waals surface area contributed by atoms with Crippen molar-refractivity contribution in [1.29, 1.82) is 5.26 Å². The second kappa shape index (κ2) is 8.31. The average molecular weight is 431 g/mol. The summed E-state index contributed by atoms with van der Waals surface area (Å²) in [5, 5.41) is 16.2. The van der Waals surface area contributed by atoms with Gasteiger partial charge in [0.05, 0.1) is 22.8 Å². The molecule has 2 aliphatic rings. The average Bonchev–Trinajstić information content (AvgIpc) is 3.03. The van der Waals surface area contributed by atoms with Crippen molar-refractivity contribution >= 4 is 35.3 Å². The second-order valence-electron chi connectivity index (χ2n) is 7.32. The zero-order valence-electron chi connectivity index (χ0n) is 16.7. The summed E-state index contributed by atoms with van der Waals surface area (Å²) in [5.74, 6) is -2.30. The van der Waals surface area contributed by atoms with Crippen LogP contribution in [0.4, 0.5) is 10.5 Å². The van der Waals surface area contributed by atoms with Gasteiger partial charge in [-0.1, -0.05) is 6.07 Å². The highest BCUT2D eigenvalue weighted by molar-refractivity contribution is 6.23. The lowest BCUT2D eigenvalue weighted by Gasteiger charge is -2.27. The van der Waals surface area contributed by atoms with Crippen LogP contribution in [0.3, 0.4) is 0 Å². The Balaban J connectivity index is 1.42. The van der Waals surface area contributed by atoms with E-state index in [9.17, 15) is 24.0 Å². The number of nitriles is 1. The van der Waals surface area contributed by atoms with Crippen LogP contribution in [-0.2, 0) is 16.1 Å². The van der Waals surface area contributed by atoms with E-state index >= 15 is 0 Å². The minimum absolute atomic E-state index is 0.0489. The number of nitrogens with zero attached hydrogens (tertiary/aromatic N) is 2. The Labute approximate surface area is 182 Å². The van der Waals surface area contributed by atoms with Crippen molar-refractivity contribution in [3.8, 4) is 6.07 Å². The molecule has 2 aliphatic heterocycles. The zero-order valence-corrected chi connectivity index (χ0v) is 16.7. The van der Waals surface area contributed by atoms with Crippen LogP contribution in [0.2, 0.25) is 0 Å². The van der Waals surface area contributed by atoms with Crippen LogP contribution in [0.25, 0.3) is 0 Å². The third kappa shape index (κ3) is 3.91. The molecule has 0 aliphatic carbocycles. The van der Waals surface area contributed by atoms with Crippen molar-refractivity contribution in [3.05, 3.63) is 64.7 Å².